The highest BCUT2D eigenvalue weighted by Gasteiger charge is 2.33. The molecule has 2 N–H and O–H groups in total. The summed E-state index contributed by atoms with van der Waals surface area (Å²) >= 11 is 0. The molecule has 0 bridgehead atoms. The van der Waals surface area contributed by atoms with Crippen LogP contribution in [0.3, 0.4) is 0 Å². The Labute approximate surface area is 178 Å². The molecule has 0 spiro atoms. The van der Waals surface area contributed by atoms with Crippen molar-refractivity contribution in [2.75, 3.05) is 36.4 Å². The topological polar surface area (TPSA) is 66.0 Å². The normalized spacial score (nSPS) is 15.9. The molecule has 4 rings (SSSR count). The Morgan fingerprint density at radius 1 is 1.10 bits per heavy atom. The van der Waals surface area contributed by atoms with Gasteiger partial charge >= 0.3 is 6.18 Å². The third-order valence-corrected chi connectivity index (χ3v) is 5.78. The molecule has 1 aliphatic rings. The van der Waals surface area contributed by atoms with Crippen LogP contribution in [0.25, 0.3) is 10.8 Å². The lowest BCUT2D eigenvalue weighted by atomic mass is 9.97. The number of nitrogens with one attached hydrogen (secondary N) is 2. The minimum atomic E-state index is -4.39. The van der Waals surface area contributed by atoms with Crippen LogP contribution in [0, 0.1) is 13.8 Å². The van der Waals surface area contributed by atoms with E-state index in [-0.39, 0.29) is 5.56 Å². The smallest absolute Gasteiger partial charge is 0.362 e. The van der Waals surface area contributed by atoms with Gasteiger partial charge in [0.2, 0.25) is 0 Å². The molecule has 1 fully saturated rings. The van der Waals surface area contributed by atoms with Gasteiger partial charge in [-0.15, -0.1) is 5.10 Å². The van der Waals surface area contributed by atoms with Gasteiger partial charge in [0.1, 0.15) is 5.82 Å². The predicted octanol–water partition coefficient (Wildman–Crippen LogP) is 4.24. The number of halogens is 3. The lowest BCUT2D eigenvalue weighted by Crippen LogP contribution is -2.43. The Morgan fingerprint density at radius 2 is 1.84 bits per heavy atom. The fourth-order valence-corrected chi connectivity index (χ4v) is 4.05. The average molecular weight is 430 g/mol. The second kappa shape index (κ2) is 8.30. The SMILES string of the molecule is Cc1c([C@@H](C)Nc2nnc(C)c3cnc(N4CCNCC4)cc23)cccc1C(F)(F)F. The van der Waals surface area contributed by atoms with Crippen LogP contribution in [0.15, 0.2) is 30.5 Å². The van der Waals surface area contributed by atoms with Crippen molar-refractivity contribution in [3.8, 4) is 0 Å². The second-order valence-electron chi connectivity index (χ2n) is 7.84. The largest absolute Gasteiger partial charge is 0.416 e. The zero-order valence-corrected chi connectivity index (χ0v) is 17.7. The van der Waals surface area contributed by atoms with Crippen molar-refractivity contribution in [2.24, 2.45) is 0 Å². The molecule has 1 aliphatic heterocycles. The quantitative estimate of drug-likeness (QED) is 0.645. The molecule has 1 aromatic carbocycles. The summed E-state index contributed by atoms with van der Waals surface area (Å²) in [4.78, 5) is 6.80. The summed E-state index contributed by atoms with van der Waals surface area (Å²) in [5, 5.41) is 16.9. The first-order chi connectivity index (χ1) is 14.8. The zero-order valence-electron chi connectivity index (χ0n) is 17.7. The van der Waals surface area contributed by atoms with Gasteiger partial charge in [0.15, 0.2) is 5.82 Å². The van der Waals surface area contributed by atoms with Crippen molar-refractivity contribution in [1.82, 2.24) is 20.5 Å². The fraction of sp³-hybridized carbons (Fsp3) is 0.409. The molecule has 0 saturated carbocycles. The van der Waals surface area contributed by atoms with Crippen LogP contribution in [0.2, 0.25) is 0 Å². The average Bonchev–Trinajstić information content (AvgIpc) is 2.75. The molecule has 0 radical (unpaired) electrons. The zero-order chi connectivity index (χ0) is 22.2. The van der Waals surface area contributed by atoms with Crippen molar-refractivity contribution in [2.45, 2.75) is 33.0 Å². The number of piperazine rings is 1. The molecular weight excluding hydrogens is 405 g/mol. The standard InChI is InChI=1S/C22H25F3N6/c1-13-16(5-4-6-19(13)22(23,24)25)14(2)28-21-17-11-20(31-9-7-26-8-10-31)27-12-18(17)15(3)29-30-21/h4-6,11-12,14,26H,7-10H2,1-3H3,(H,28,30)/t14-/m1/s1. The van der Waals surface area contributed by atoms with Crippen LogP contribution < -0.4 is 15.5 Å². The van der Waals surface area contributed by atoms with Gasteiger partial charge in [-0.1, -0.05) is 12.1 Å². The van der Waals surface area contributed by atoms with Crippen LogP contribution in [0.5, 0.6) is 0 Å². The number of hydrogen-bond acceptors (Lipinski definition) is 6. The monoisotopic (exact) mass is 430 g/mol. The number of alkyl halides is 3. The van der Waals surface area contributed by atoms with E-state index in [0.29, 0.717) is 11.4 Å². The first-order valence-electron chi connectivity index (χ1n) is 10.3. The fourth-order valence-electron chi connectivity index (χ4n) is 4.05. The Bertz CT molecular complexity index is 1090. The number of hydrogen-bond donors (Lipinski definition) is 2. The van der Waals surface area contributed by atoms with E-state index in [1.165, 1.54) is 13.0 Å². The number of rotatable bonds is 4. The minimum absolute atomic E-state index is 0.211. The van der Waals surface area contributed by atoms with E-state index in [2.05, 4.69) is 30.7 Å². The van der Waals surface area contributed by atoms with Crippen molar-refractivity contribution >= 4 is 22.4 Å². The summed E-state index contributed by atoms with van der Waals surface area (Å²) in [6, 6.07) is 5.85. The number of pyridine rings is 1. The molecule has 3 heterocycles. The predicted molar refractivity (Wildman–Crippen MR) is 115 cm³/mol. The van der Waals surface area contributed by atoms with Crippen LogP contribution in [-0.2, 0) is 6.18 Å². The van der Waals surface area contributed by atoms with E-state index in [1.807, 2.05) is 19.9 Å². The molecule has 0 amide bonds. The molecular formula is C22H25F3N6. The van der Waals surface area contributed by atoms with E-state index < -0.39 is 17.8 Å². The van der Waals surface area contributed by atoms with Gasteiger partial charge in [-0.05, 0) is 44.0 Å². The molecule has 0 unspecified atom stereocenters. The van der Waals surface area contributed by atoms with Gasteiger partial charge in [0.25, 0.3) is 0 Å². The molecule has 164 valence electrons. The summed E-state index contributed by atoms with van der Waals surface area (Å²) in [6.45, 7) is 8.70. The maximum Gasteiger partial charge on any atom is 0.416 e. The highest BCUT2D eigenvalue weighted by atomic mass is 19.4. The lowest BCUT2D eigenvalue weighted by Gasteiger charge is -2.28. The van der Waals surface area contributed by atoms with E-state index in [9.17, 15) is 13.2 Å². The molecule has 9 heteroatoms. The van der Waals surface area contributed by atoms with Gasteiger partial charge in [0, 0.05) is 43.1 Å². The highest BCUT2D eigenvalue weighted by Crippen LogP contribution is 2.35. The Balaban J connectivity index is 1.70. The first-order valence-corrected chi connectivity index (χ1v) is 10.3. The number of benzene rings is 1. The summed E-state index contributed by atoms with van der Waals surface area (Å²) in [7, 11) is 0. The van der Waals surface area contributed by atoms with Gasteiger partial charge < -0.3 is 15.5 Å². The Hall–Kier alpha value is -2.94. The van der Waals surface area contributed by atoms with E-state index >= 15 is 0 Å². The Morgan fingerprint density at radius 3 is 2.55 bits per heavy atom. The van der Waals surface area contributed by atoms with E-state index in [0.717, 1.165) is 54.5 Å². The third kappa shape index (κ3) is 4.27. The summed E-state index contributed by atoms with van der Waals surface area (Å²) in [6.07, 6.45) is -2.60. The number of aryl methyl sites for hydroxylation is 1. The molecule has 3 aromatic rings. The van der Waals surface area contributed by atoms with Crippen molar-refractivity contribution < 1.29 is 13.2 Å². The summed E-state index contributed by atoms with van der Waals surface area (Å²) in [5.74, 6) is 1.39. The molecule has 1 saturated heterocycles. The van der Waals surface area contributed by atoms with Gasteiger partial charge in [-0.25, -0.2) is 4.98 Å². The summed E-state index contributed by atoms with van der Waals surface area (Å²) < 4.78 is 40.0. The van der Waals surface area contributed by atoms with Crippen LogP contribution >= 0.6 is 0 Å². The number of nitrogens with zero attached hydrogens (tertiary/aromatic N) is 4. The van der Waals surface area contributed by atoms with Crippen molar-refractivity contribution in [1.29, 1.82) is 0 Å². The van der Waals surface area contributed by atoms with Crippen molar-refractivity contribution in [3.05, 3.63) is 52.8 Å². The molecule has 0 aliphatic carbocycles. The maximum atomic E-state index is 13.3. The Kier molecular flexibility index (Phi) is 5.70. The summed E-state index contributed by atoms with van der Waals surface area (Å²) in [5.41, 5.74) is 0.913. The maximum absolute atomic E-state index is 13.3. The molecule has 6 nitrogen and oxygen atoms in total. The third-order valence-electron chi connectivity index (χ3n) is 5.78. The van der Waals surface area contributed by atoms with E-state index in [4.69, 9.17) is 0 Å². The van der Waals surface area contributed by atoms with Crippen molar-refractivity contribution in [3.63, 3.8) is 0 Å². The highest BCUT2D eigenvalue weighted by molar-refractivity contribution is 5.94. The van der Waals surface area contributed by atoms with Gasteiger partial charge in [-0.3, -0.25) is 0 Å². The van der Waals surface area contributed by atoms with E-state index in [1.54, 1.807) is 12.3 Å². The molecule has 2 aromatic heterocycles. The lowest BCUT2D eigenvalue weighted by molar-refractivity contribution is -0.138. The van der Waals surface area contributed by atoms with Gasteiger partial charge in [0.05, 0.1) is 17.3 Å². The first kappa shape index (κ1) is 21.3. The molecule has 31 heavy (non-hydrogen) atoms. The number of fused-ring (bicyclic) bond motifs is 1. The van der Waals surface area contributed by atoms with Crippen LogP contribution in [0.4, 0.5) is 24.8 Å². The van der Waals surface area contributed by atoms with Gasteiger partial charge in [-0.2, -0.15) is 18.3 Å². The minimum Gasteiger partial charge on any atom is -0.362 e. The van der Waals surface area contributed by atoms with Crippen LogP contribution in [-0.4, -0.2) is 41.4 Å². The number of anilines is 2. The number of aromatic nitrogens is 3. The molecule has 1 atom stereocenters. The van der Waals surface area contributed by atoms with Crippen LogP contribution in [0.1, 0.15) is 35.3 Å². The second-order valence-corrected chi connectivity index (χ2v) is 7.84.